The lowest BCUT2D eigenvalue weighted by Crippen LogP contribution is -2.45. The predicted octanol–water partition coefficient (Wildman–Crippen LogP) is 5.78. The Labute approximate surface area is 214 Å². The zero-order valence-corrected chi connectivity index (χ0v) is 22.1. The normalized spacial score (nSPS) is 14.9. The topological polar surface area (TPSA) is 27.5 Å². The van der Waals surface area contributed by atoms with Crippen molar-refractivity contribution < 1.29 is 4.39 Å². The highest BCUT2D eigenvalue weighted by Gasteiger charge is 2.28. The molecule has 0 atom stereocenters. The summed E-state index contributed by atoms with van der Waals surface area (Å²) < 4.78 is 16.6. The van der Waals surface area contributed by atoms with Crippen LogP contribution in [0, 0.1) is 5.82 Å². The predicted molar refractivity (Wildman–Crippen MR) is 143 cm³/mol. The van der Waals surface area contributed by atoms with E-state index in [4.69, 9.17) is 16.7 Å². The maximum absolute atomic E-state index is 14.6. The van der Waals surface area contributed by atoms with Crippen LogP contribution in [0.4, 0.5) is 10.2 Å². The Morgan fingerprint density at radius 2 is 1.77 bits per heavy atom. The molecular weight excluding hydrogens is 461 g/mol. The van der Waals surface area contributed by atoms with Crippen molar-refractivity contribution >= 4 is 17.4 Å². The molecule has 1 aromatic heterocycles. The largest absolute Gasteiger partial charge is 0.354 e. The van der Waals surface area contributed by atoms with Crippen LogP contribution in [0.5, 0.6) is 0 Å². The highest BCUT2D eigenvalue weighted by molar-refractivity contribution is 6.30. The number of aryl methyl sites for hydroxylation is 1. The summed E-state index contributed by atoms with van der Waals surface area (Å²) in [4.78, 5) is 7.17. The summed E-state index contributed by atoms with van der Waals surface area (Å²) >= 11 is 6.39. The third-order valence-corrected chi connectivity index (χ3v) is 7.04. The first kappa shape index (κ1) is 25.7. The van der Waals surface area contributed by atoms with Crippen LogP contribution in [0.2, 0.25) is 5.02 Å². The van der Waals surface area contributed by atoms with Gasteiger partial charge >= 0.3 is 0 Å². The fraction of sp³-hybridized carbons (Fsp3) is 0.464. The average Bonchev–Trinajstić information content (AvgIpc) is 3.18. The Balaban J connectivity index is 1.79. The van der Waals surface area contributed by atoms with Gasteiger partial charge in [0.15, 0.2) is 0 Å². The summed E-state index contributed by atoms with van der Waals surface area (Å²) in [6.45, 7) is 11.7. The summed E-state index contributed by atoms with van der Waals surface area (Å²) in [5.41, 5.74) is 4.05. The zero-order valence-electron chi connectivity index (χ0n) is 21.3. The summed E-state index contributed by atoms with van der Waals surface area (Å²) in [7, 11) is 2.17. The van der Waals surface area contributed by atoms with Crippen molar-refractivity contribution in [1.82, 2.24) is 19.6 Å². The van der Waals surface area contributed by atoms with Crippen LogP contribution in [0.1, 0.15) is 44.0 Å². The van der Waals surface area contributed by atoms with Gasteiger partial charge in [-0.1, -0.05) is 49.2 Å². The van der Waals surface area contributed by atoms with Gasteiger partial charge in [-0.05, 0) is 51.6 Å². The van der Waals surface area contributed by atoms with Crippen LogP contribution in [-0.4, -0.2) is 58.8 Å². The van der Waals surface area contributed by atoms with Gasteiger partial charge in [-0.15, -0.1) is 0 Å². The maximum atomic E-state index is 14.6. The van der Waals surface area contributed by atoms with Crippen molar-refractivity contribution in [2.75, 3.05) is 38.1 Å². The number of benzene rings is 2. The van der Waals surface area contributed by atoms with Crippen LogP contribution in [0.15, 0.2) is 48.5 Å². The van der Waals surface area contributed by atoms with Gasteiger partial charge in [0.05, 0.1) is 11.4 Å². The van der Waals surface area contributed by atoms with Crippen molar-refractivity contribution in [3.05, 3.63) is 76.2 Å². The van der Waals surface area contributed by atoms with E-state index in [1.807, 2.05) is 30.3 Å². The Morgan fingerprint density at radius 3 is 2.43 bits per heavy atom. The molecular formula is C28H37ClFN5. The molecule has 188 valence electrons. The second-order valence-corrected chi connectivity index (χ2v) is 10.2. The molecule has 1 aliphatic heterocycles. The number of hydrogen-bond acceptors (Lipinski definition) is 4. The van der Waals surface area contributed by atoms with Crippen LogP contribution in [-0.2, 0) is 19.5 Å². The van der Waals surface area contributed by atoms with Crippen LogP contribution in [0.3, 0.4) is 0 Å². The number of piperazine rings is 1. The van der Waals surface area contributed by atoms with Crippen molar-refractivity contribution in [2.24, 2.45) is 0 Å². The smallest absolute Gasteiger partial charge is 0.137 e. The minimum atomic E-state index is -0.152. The molecule has 7 heteroatoms. The Morgan fingerprint density at radius 1 is 1.03 bits per heavy atom. The van der Waals surface area contributed by atoms with Crippen molar-refractivity contribution in [2.45, 2.75) is 52.7 Å². The van der Waals surface area contributed by atoms with E-state index in [0.29, 0.717) is 18.1 Å². The second kappa shape index (κ2) is 11.5. The molecule has 35 heavy (non-hydrogen) atoms. The van der Waals surface area contributed by atoms with Crippen molar-refractivity contribution in [3.8, 4) is 5.69 Å². The van der Waals surface area contributed by atoms with E-state index in [1.54, 1.807) is 12.1 Å². The lowest BCUT2D eigenvalue weighted by molar-refractivity contribution is 0.200. The van der Waals surface area contributed by atoms with Gasteiger partial charge in [0.2, 0.25) is 0 Å². The number of anilines is 1. The molecule has 0 spiro atoms. The zero-order chi connectivity index (χ0) is 24.9. The van der Waals surface area contributed by atoms with E-state index in [-0.39, 0.29) is 11.9 Å². The van der Waals surface area contributed by atoms with Crippen LogP contribution in [0.25, 0.3) is 5.69 Å². The van der Waals surface area contributed by atoms with Crippen LogP contribution < -0.4 is 4.90 Å². The SMILES string of the molecule is CCCc1nn(-c2cccc(Cl)c2)c(N2CCN(C)CC2)c1CN(Cc1ccccc1F)C(C)C. The molecule has 0 radical (unpaired) electrons. The first-order valence-electron chi connectivity index (χ1n) is 12.6. The first-order valence-corrected chi connectivity index (χ1v) is 13.0. The van der Waals surface area contributed by atoms with Crippen molar-refractivity contribution in [1.29, 1.82) is 0 Å². The fourth-order valence-corrected chi connectivity index (χ4v) is 4.87. The number of aromatic nitrogens is 2. The number of hydrogen-bond donors (Lipinski definition) is 0. The molecule has 0 saturated carbocycles. The molecule has 0 amide bonds. The maximum Gasteiger partial charge on any atom is 0.137 e. The van der Waals surface area contributed by atoms with Gasteiger partial charge in [-0.2, -0.15) is 5.10 Å². The lowest BCUT2D eigenvalue weighted by atomic mass is 10.1. The van der Waals surface area contributed by atoms with Gasteiger partial charge in [0, 0.05) is 61.5 Å². The average molecular weight is 498 g/mol. The summed E-state index contributed by atoms with van der Waals surface area (Å²) in [5.74, 6) is 0.990. The van der Waals surface area contributed by atoms with E-state index < -0.39 is 0 Å². The number of likely N-dealkylation sites (N-methyl/N-ethyl adjacent to an activating group) is 1. The molecule has 2 aromatic carbocycles. The minimum absolute atomic E-state index is 0.152. The summed E-state index contributed by atoms with van der Waals surface area (Å²) in [6, 6.07) is 15.3. The second-order valence-electron chi connectivity index (χ2n) is 9.77. The first-order chi connectivity index (χ1) is 16.9. The molecule has 0 N–H and O–H groups in total. The summed E-state index contributed by atoms with van der Waals surface area (Å²) in [5, 5.41) is 5.84. The third kappa shape index (κ3) is 6.05. The molecule has 1 fully saturated rings. The molecule has 4 rings (SSSR count). The van der Waals surface area contributed by atoms with Crippen molar-refractivity contribution in [3.63, 3.8) is 0 Å². The molecule has 3 aromatic rings. The molecule has 1 aliphatic rings. The molecule has 1 saturated heterocycles. The molecule has 0 unspecified atom stereocenters. The minimum Gasteiger partial charge on any atom is -0.354 e. The van der Waals surface area contributed by atoms with E-state index in [9.17, 15) is 4.39 Å². The number of nitrogens with zero attached hydrogens (tertiary/aromatic N) is 5. The Bertz CT molecular complexity index is 1120. The van der Waals surface area contributed by atoms with E-state index in [0.717, 1.165) is 61.8 Å². The van der Waals surface area contributed by atoms with E-state index in [1.165, 1.54) is 5.56 Å². The standard InChI is InChI=1S/C28H37ClFN5/c1-5-9-27-25(20-34(21(2)3)19-22-10-6-7-13-26(22)30)28(33-16-14-32(4)15-17-33)35(31-27)24-12-8-11-23(29)18-24/h6-8,10-13,18,21H,5,9,14-17,19-20H2,1-4H3. The molecule has 5 nitrogen and oxygen atoms in total. The van der Waals surface area contributed by atoms with Crippen LogP contribution >= 0.6 is 11.6 Å². The van der Waals surface area contributed by atoms with E-state index >= 15 is 0 Å². The third-order valence-electron chi connectivity index (χ3n) is 6.80. The highest BCUT2D eigenvalue weighted by atomic mass is 35.5. The molecule has 0 bridgehead atoms. The quantitative estimate of drug-likeness (QED) is 0.374. The van der Waals surface area contributed by atoms with Gasteiger partial charge in [0.25, 0.3) is 0 Å². The van der Waals surface area contributed by atoms with Gasteiger partial charge < -0.3 is 9.80 Å². The molecule has 2 heterocycles. The van der Waals surface area contributed by atoms with Gasteiger partial charge in [0.1, 0.15) is 11.6 Å². The monoisotopic (exact) mass is 497 g/mol. The van der Waals surface area contributed by atoms with Gasteiger partial charge in [-0.3, -0.25) is 4.90 Å². The Hall–Kier alpha value is -2.41. The Kier molecular flexibility index (Phi) is 8.47. The van der Waals surface area contributed by atoms with E-state index in [2.05, 4.69) is 53.3 Å². The number of halogens is 2. The van der Waals surface area contributed by atoms with Gasteiger partial charge in [-0.25, -0.2) is 9.07 Å². The highest BCUT2D eigenvalue weighted by Crippen LogP contribution is 2.32. The summed E-state index contributed by atoms with van der Waals surface area (Å²) in [6.07, 6.45) is 1.91. The fourth-order valence-electron chi connectivity index (χ4n) is 4.69. The molecule has 0 aliphatic carbocycles. The number of rotatable bonds is 9. The lowest BCUT2D eigenvalue weighted by Gasteiger charge is -2.35.